The molecule has 0 saturated heterocycles. The van der Waals surface area contributed by atoms with Gasteiger partial charge >= 0.3 is 37.9 Å². The summed E-state index contributed by atoms with van der Waals surface area (Å²) in [6, 6.07) is 17.1. The SMILES string of the molecule is CC[c-]1ccc(C2CCCCC2)c1.[Cl][Zr+2][Cl].c1cc[cH-]c1. The van der Waals surface area contributed by atoms with E-state index in [1.807, 2.05) is 30.3 Å². The molecule has 0 heterocycles. The largest absolute Gasteiger partial charge is 0.214 e. The minimum Gasteiger partial charge on any atom is -0.214 e. The summed E-state index contributed by atoms with van der Waals surface area (Å²) >= 11 is -0.826. The smallest absolute Gasteiger partial charge is 0.172 e. The van der Waals surface area contributed by atoms with Crippen LogP contribution in [-0.2, 0) is 27.3 Å². The molecule has 0 nitrogen and oxygen atoms in total. The van der Waals surface area contributed by atoms with Gasteiger partial charge in [0.1, 0.15) is 0 Å². The van der Waals surface area contributed by atoms with E-state index in [2.05, 4.69) is 25.1 Å². The van der Waals surface area contributed by atoms with Gasteiger partial charge in [0.25, 0.3) is 0 Å². The predicted octanol–water partition coefficient (Wildman–Crippen LogP) is 6.80. The van der Waals surface area contributed by atoms with E-state index in [1.54, 1.807) is 5.56 Å². The van der Waals surface area contributed by atoms with Crippen LogP contribution >= 0.6 is 17.0 Å². The molecule has 0 unspecified atom stereocenters. The Balaban J connectivity index is 0.000000228. The van der Waals surface area contributed by atoms with Gasteiger partial charge < -0.3 is 0 Å². The van der Waals surface area contributed by atoms with Gasteiger partial charge in [-0.05, 0) is 0 Å². The molecule has 1 aliphatic rings. The molecule has 0 amide bonds. The summed E-state index contributed by atoms with van der Waals surface area (Å²) < 4.78 is 0. The summed E-state index contributed by atoms with van der Waals surface area (Å²) in [6.07, 6.45) is 8.37. The van der Waals surface area contributed by atoms with Gasteiger partial charge in [-0.3, -0.25) is 0 Å². The summed E-state index contributed by atoms with van der Waals surface area (Å²) in [7, 11) is 9.87. The first-order chi connectivity index (χ1) is 10.3. The van der Waals surface area contributed by atoms with Gasteiger partial charge in [-0.25, -0.2) is 18.2 Å². The van der Waals surface area contributed by atoms with E-state index in [0.29, 0.717) is 0 Å². The Morgan fingerprint density at radius 1 is 1.19 bits per heavy atom. The molecule has 0 aromatic heterocycles. The molecule has 0 aliphatic heterocycles. The van der Waals surface area contributed by atoms with Crippen LogP contribution in [-0.4, -0.2) is 0 Å². The molecule has 0 atom stereocenters. The maximum absolute atomic E-state index is 4.93. The summed E-state index contributed by atoms with van der Waals surface area (Å²) in [4.78, 5) is 0. The zero-order valence-electron chi connectivity index (χ0n) is 12.7. The van der Waals surface area contributed by atoms with Crippen LogP contribution < -0.4 is 0 Å². The van der Waals surface area contributed by atoms with Crippen molar-refractivity contribution in [1.82, 2.24) is 0 Å². The molecule has 1 saturated carbocycles. The molecule has 1 aliphatic carbocycles. The van der Waals surface area contributed by atoms with Crippen LogP contribution in [0.5, 0.6) is 0 Å². The topological polar surface area (TPSA) is 0 Å². The van der Waals surface area contributed by atoms with E-state index in [9.17, 15) is 0 Å². The Morgan fingerprint density at radius 3 is 2.24 bits per heavy atom. The quantitative estimate of drug-likeness (QED) is 0.485. The fourth-order valence-corrected chi connectivity index (χ4v) is 2.74. The molecular formula is C18H24Cl2Zr. The number of hydrogen-bond donors (Lipinski definition) is 0. The van der Waals surface area contributed by atoms with Crippen LogP contribution in [0.1, 0.15) is 56.1 Å². The molecule has 0 spiro atoms. The second kappa shape index (κ2) is 12.7. The van der Waals surface area contributed by atoms with E-state index >= 15 is 0 Å². The van der Waals surface area contributed by atoms with Crippen LogP contribution in [0.3, 0.4) is 0 Å². The van der Waals surface area contributed by atoms with Crippen molar-refractivity contribution in [2.75, 3.05) is 0 Å². The number of halogens is 2. The molecule has 21 heavy (non-hydrogen) atoms. The van der Waals surface area contributed by atoms with Gasteiger partial charge in [0.2, 0.25) is 0 Å². The van der Waals surface area contributed by atoms with Crippen molar-refractivity contribution in [2.24, 2.45) is 0 Å². The van der Waals surface area contributed by atoms with Crippen LogP contribution in [0.25, 0.3) is 0 Å². The molecular weight excluding hydrogens is 378 g/mol. The van der Waals surface area contributed by atoms with E-state index in [-0.39, 0.29) is 0 Å². The van der Waals surface area contributed by atoms with Crippen molar-refractivity contribution in [3.05, 3.63) is 59.7 Å². The Bertz CT molecular complexity index is 411. The van der Waals surface area contributed by atoms with Gasteiger partial charge in [0.05, 0.1) is 0 Å². The Labute approximate surface area is 148 Å². The van der Waals surface area contributed by atoms with E-state index in [1.165, 1.54) is 44.1 Å². The summed E-state index contributed by atoms with van der Waals surface area (Å²) in [5.41, 5.74) is 3.12. The van der Waals surface area contributed by atoms with Crippen LogP contribution in [0, 0.1) is 0 Å². The standard InChI is InChI=1S/C13H19.C5H5.2ClH.Zr/c1-2-11-8-9-13(10-11)12-6-4-3-5-7-12;1-2-4-5-3-1;;;/h8-10,12H,2-7H2,1H3;1-5H;2*1H;/q2*-1;;;+4/p-2. The second-order valence-corrected chi connectivity index (χ2v) is 9.01. The third kappa shape index (κ3) is 8.39. The zero-order valence-corrected chi connectivity index (χ0v) is 16.7. The van der Waals surface area contributed by atoms with Crippen molar-refractivity contribution in [2.45, 2.75) is 51.4 Å². The third-order valence-corrected chi connectivity index (χ3v) is 3.88. The van der Waals surface area contributed by atoms with Crippen molar-refractivity contribution < 1.29 is 20.8 Å². The maximum Gasteiger partial charge on any atom is -0.172 e. The summed E-state index contributed by atoms with van der Waals surface area (Å²) in [5, 5.41) is 0. The average Bonchev–Trinajstić information content (AvgIpc) is 3.23. The second-order valence-electron chi connectivity index (χ2n) is 5.27. The van der Waals surface area contributed by atoms with Crippen molar-refractivity contribution in [3.8, 4) is 0 Å². The van der Waals surface area contributed by atoms with Crippen LogP contribution in [0.4, 0.5) is 0 Å². The van der Waals surface area contributed by atoms with Gasteiger partial charge in [0, 0.05) is 0 Å². The minimum atomic E-state index is -0.826. The first-order valence-electron chi connectivity index (χ1n) is 7.70. The normalized spacial score (nSPS) is 14.2. The Kier molecular flexibility index (Phi) is 11.6. The molecule has 3 heteroatoms. The predicted molar refractivity (Wildman–Crippen MR) is 91.0 cm³/mol. The third-order valence-electron chi connectivity index (χ3n) is 3.88. The molecule has 1 fully saturated rings. The minimum absolute atomic E-state index is 0.826. The zero-order chi connectivity index (χ0) is 15.3. The molecule has 0 N–H and O–H groups in total. The number of aryl methyl sites for hydroxylation is 1. The van der Waals surface area contributed by atoms with Crippen LogP contribution in [0.15, 0.2) is 48.5 Å². The van der Waals surface area contributed by atoms with Gasteiger partial charge in [0.15, 0.2) is 0 Å². The van der Waals surface area contributed by atoms with E-state index < -0.39 is 20.8 Å². The van der Waals surface area contributed by atoms with Crippen molar-refractivity contribution in [1.29, 1.82) is 0 Å². The van der Waals surface area contributed by atoms with Gasteiger partial charge in [-0.1, -0.05) is 51.4 Å². The molecule has 0 bridgehead atoms. The van der Waals surface area contributed by atoms with Crippen molar-refractivity contribution >= 4 is 17.0 Å². The first kappa shape index (κ1) is 19.2. The number of hydrogen-bond acceptors (Lipinski definition) is 0. The molecule has 0 radical (unpaired) electrons. The van der Waals surface area contributed by atoms with Crippen molar-refractivity contribution in [3.63, 3.8) is 0 Å². The molecule has 114 valence electrons. The maximum atomic E-state index is 4.93. The average molecular weight is 403 g/mol. The number of rotatable bonds is 2. The fourth-order valence-electron chi connectivity index (χ4n) is 2.74. The van der Waals surface area contributed by atoms with Crippen LogP contribution in [0.2, 0.25) is 0 Å². The molecule has 3 rings (SSSR count). The van der Waals surface area contributed by atoms with E-state index in [4.69, 9.17) is 17.0 Å². The van der Waals surface area contributed by atoms with Gasteiger partial charge in [-0.2, -0.15) is 41.5 Å². The fraction of sp³-hybridized carbons (Fsp3) is 0.444. The van der Waals surface area contributed by atoms with E-state index in [0.717, 1.165) is 5.92 Å². The van der Waals surface area contributed by atoms with Gasteiger partial charge in [-0.15, -0.1) is 0 Å². The Morgan fingerprint density at radius 2 is 1.81 bits per heavy atom. The molecule has 2 aromatic carbocycles. The summed E-state index contributed by atoms with van der Waals surface area (Å²) in [5.74, 6) is 0.883. The summed E-state index contributed by atoms with van der Waals surface area (Å²) in [6.45, 7) is 2.24. The molecule has 2 aromatic rings. The first-order valence-corrected chi connectivity index (χ1v) is 14.0. The monoisotopic (exact) mass is 400 g/mol. The Hall–Kier alpha value is 0.163.